The van der Waals surface area contributed by atoms with Crippen molar-refractivity contribution in [3.05, 3.63) is 59.2 Å². The number of ketones is 1. The van der Waals surface area contributed by atoms with Crippen molar-refractivity contribution in [2.24, 2.45) is 5.92 Å². The lowest BCUT2D eigenvalue weighted by molar-refractivity contribution is -0.129. The molecule has 2 aromatic rings. The number of likely N-dealkylation sites (N-methyl/N-ethyl adjacent to an activating group) is 1. The fourth-order valence-electron chi connectivity index (χ4n) is 4.08. The minimum absolute atomic E-state index is 0.0328. The number of carbonyl (C=O) groups excluding carboxylic acids is 2. The lowest BCUT2D eigenvalue weighted by Crippen LogP contribution is -2.42. The molecule has 2 unspecified atom stereocenters. The Morgan fingerprint density at radius 3 is 2.69 bits per heavy atom. The monoisotopic (exact) mass is 456 g/mol. The van der Waals surface area contributed by atoms with Gasteiger partial charge in [-0.3, -0.25) is 19.2 Å². The molecule has 8 heteroatoms. The fraction of sp³-hybridized carbons (Fsp3) is 0.458. The molecule has 2 fully saturated rings. The predicted molar refractivity (Wildman–Crippen MR) is 125 cm³/mol. The highest BCUT2D eigenvalue weighted by Crippen LogP contribution is 2.39. The molecular formula is C24H29FN4O2S. The largest absolute Gasteiger partial charge is 0.347 e. The predicted octanol–water partition coefficient (Wildman–Crippen LogP) is 3.22. The van der Waals surface area contributed by atoms with E-state index < -0.39 is 6.04 Å². The summed E-state index contributed by atoms with van der Waals surface area (Å²) in [4.78, 5) is 28.7. The van der Waals surface area contributed by atoms with E-state index in [1.54, 1.807) is 43.2 Å². The van der Waals surface area contributed by atoms with Crippen LogP contribution in [0, 0.1) is 11.7 Å². The summed E-state index contributed by atoms with van der Waals surface area (Å²) < 4.78 is 16.3. The van der Waals surface area contributed by atoms with Crippen LogP contribution in [0.4, 0.5) is 4.39 Å². The van der Waals surface area contributed by atoms with E-state index in [4.69, 9.17) is 12.6 Å². The smallest absolute Gasteiger partial charge is 0.243 e. The molecule has 0 bridgehead atoms. The van der Waals surface area contributed by atoms with Gasteiger partial charge in [0.25, 0.3) is 0 Å². The summed E-state index contributed by atoms with van der Waals surface area (Å²) in [6, 6.07) is 7.86. The number of halogens is 1. The summed E-state index contributed by atoms with van der Waals surface area (Å²) in [5.74, 6) is -0.229. The molecule has 1 amide bonds. The van der Waals surface area contributed by atoms with E-state index in [1.165, 1.54) is 11.0 Å². The molecule has 1 aromatic carbocycles. The Hall–Kier alpha value is -2.45. The molecule has 170 valence electrons. The molecule has 0 N–H and O–H groups in total. The summed E-state index contributed by atoms with van der Waals surface area (Å²) in [5.41, 5.74) is 2.23. The van der Waals surface area contributed by atoms with E-state index >= 15 is 0 Å². The molecule has 1 aromatic heterocycles. The van der Waals surface area contributed by atoms with Crippen LogP contribution in [-0.4, -0.2) is 63.7 Å². The number of piperidine rings is 1. The number of amides is 1. The van der Waals surface area contributed by atoms with Crippen molar-refractivity contribution in [1.82, 2.24) is 19.6 Å². The molecule has 32 heavy (non-hydrogen) atoms. The highest BCUT2D eigenvalue weighted by atomic mass is 32.1. The molecule has 1 saturated carbocycles. The zero-order chi connectivity index (χ0) is 22.8. The number of Topliss-reactive ketones (excluding diaryl/α,β-unsaturated/α-hetero) is 1. The van der Waals surface area contributed by atoms with Crippen molar-refractivity contribution in [2.75, 3.05) is 27.2 Å². The van der Waals surface area contributed by atoms with E-state index in [2.05, 4.69) is 10.00 Å². The topological polar surface area (TPSA) is 58.4 Å². The second kappa shape index (κ2) is 9.58. The van der Waals surface area contributed by atoms with Crippen LogP contribution >= 0.6 is 12.6 Å². The quantitative estimate of drug-likeness (QED) is 0.650. The van der Waals surface area contributed by atoms with Gasteiger partial charge in [-0.15, -0.1) is 0 Å². The third-order valence-electron chi connectivity index (χ3n) is 6.11. The van der Waals surface area contributed by atoms with Gasteiger partial charge in [-0.2, -0.15) is 17.7 Å². The van der Waals surface area contributed by atoms with Crippen molar-refractivity contribution in [1.29, 1.82) is 0 Å². The molecule has 1 saturated heterocycles. The Labute approximate surface area is 193 Å². The van der Waals surface area contributed by atoms with Gasteiger partial charge in [0.05, 0.1) is 11.7 Å². The lowest BCUT2D eigenvalue weighted by Gasteiger charge is -2.37. The van der Waals surface area contributed by atoms with Crippen molar-refractivity contribution in [3.63, 3.8) is 0 Å². The minimum atomic E-state index is -0.580. The number of hydrogen-bond donors (Lipinski definition) is 1. The summed E-state index contributed by atoms with van der Waals surface area (Å²) in [7, 11) is 3.43. The van der Waals surface area contributed by atoms with Crippen LogP contribution in [0.15, 0.2) is 42.1 Å². The van der Waals surface area contributed by atoms with Crippen molar-refractivity contribution in [2.45, 2.75) is 37.1 Å². The van der Waals surface area contributed by atoms with Gasteiger partial charge in [0.2, 0.25) is 5.91 Å². The average Bonchev–Trinajstić information content (AvgIpc) is 3.52. The van der Waals surface area contributed by atoms with Crippen LogP contribution in [0.5, 0.6) is 0 Å². The van der Waals surface area contributed by atoms with Gasteiger partial charge in [-0.25, -0.2) is 4.39 Å². The maximum Gasteiger partial charge on any atom is 0.243 e. The number of rotatable bonds is 7. The van der Waals surface area contributed by atoms with Gasteiger partial charge in [-0.05, 0) is 43.0 Å². The SMILES string of the molecule is CN(C)C(=O)Cn1ccc(/C=C2/CN(C(C(=O)C3CC3)c3ccccc3F)CCC2S)n1. The first-order valence-corrected chi connectivity index (χ1v) is 11.5. The number of benzene rings is 1. The summed E-state index contributed by atoms with van der Waals surface area (Å²) >= 11 is 4.75. The van der Waals surface area contributed by atoms with E-state index in [0.29, 0.717) is 18.7 Å². The van der Waals surface area contributed by atoms with Crippen LogP contribution < -0.4 is 0 Å². The van der Waals surface area contributed by atoms with Gasteiger partial charge >= 0.3 is 0 Å². The number of likely N-dealkylation sites (tertiary alicyclic amines) is 1. The highest BCUT2D eigenvalue weighted by Gasteiger charge is 2.40. The van der Waals surface area contributed by atoms with Crippen LogP contribution in [0.2, 0.25) is 0 Å². The summed E-state index contributed by atoms with van der Waals surface area (Å²) in [6.07, 6.45) is 6.29. The maximum absolute atomic E-state index is 14.7. The van der Waals surface area contributed by atoms with E-state index in [0.717, 1.165) is 30.5 Å². The number of carbonyl (C=O) groups is 2. The summed E-state index contributed by atoms with van der Waals surface area (Å²) in [6.45, 7) is 1.38. The first kappa shape index (κ1) is 22.7. The van der Waals surface area contributed by atoms with Crippen LogP contribution in [0.1, 0.15) is 36.6 Å². The molecule has 2 aliphatic rings. The molecule has 1 aliphatic carbocycles. The standard InChI is InChI=1S/C24H29FN4O2S/c1-27(2)22(30)15-29-12-9-18(26-29)13-17-14-28(11-10-21(17)32)23(24(31)16-7-8-16)19-5-3-4-6-20(19)25/h3-6,9,12-13,16,21,23,32H,7-8,10-11,14-15H2,1-2H3/b17-13-. The molecule has 4 rings (SSSR count). The van der Waals surface area contributed by atoms with E-state index in [9.17, 15) is 14.0 Å². The number of thiol groups is 1. The second-order valence-corrected chi connectivity index (χ2v) is 9.44. The molecule has 0 radical (unpaired) electrons. The Balaban J connectivity index is 1.56. The minimum Gasteiger partial charge on any atom is -0.347 e. The Kier molecular flexibility index (Phi) is 6.81. The molecule has 6 nitrogen and oxygen atoms in total. The van der Waals surface area contributed by atoms with Crippen molar-refractivity contribution < 1.29 is 14.0 Å². The molecular weight excluding hydrogens is 427 g/mol. The van der Waals surface area contributed by atoms with E-state index in [1.807, 2.05) is 12.1 Å². The maximum atomic E-state index is 14.7. The Morgan fingerprint density at radius 1 is 1.25 bits per heavy atom. The molecule has 2 heterocycles. The van der Waals surface area contributed by atoms with Crippen LogP contribution in [-0.2, 0) is 16.1 Å². The third-order valence-corrected chi connectivity index (χ3v) is 6.70. The summed E-state index contributed by atoms with van der Waals surface area (Å²) in [5, 5.41) is 4.53. The molecule has 2 atom stereocenters. The van der Waals surface area contributed by atoms with Crippen LogP contribution in [0.3, 0.4) is 0 Å². The molecule has 1 aliphatic heterocycles. The van der Waals surface area contributed by atoms with Gasteiger partial charge in [0.15, 0.2) is 5.78 Å². The number of aromatic nitrogens is 2. The second-order valence-electron chi connectivity index (χ2n) is 8.82. The zero-order valence-electron chi connectivity index (χ0n) is 18.4. The average molecular weight is 457 g/mol. The van der Waals surface area contributed by atoms with Gasteiger partial charge < -0.3 is 4.90 Å². The van der Waals surface area contributed by atoms with Crippen molar-refractivity contribution in [3.8, 4) is 0 Å². The first-order valence-electron chi connectivity index (χ1n) is 11.0. The first-order chi connectivity index (χ1) is 15.3. The molecule has 0 spiro atoms. The van der Waals surface area contributed by atoms with Gasteiger partial charge in [0, 0.05) is 50.1 Å². The Morgan fingerprint density at radius 2 is 2.00 bits per heavy atom. The third kappa shape index (κ3) is 5.13. The van der Waals surface area contributed by atoms with Crippen molar-refractivity contribution >= 4 is 30.4 Å². The normalized spacial score (nSPS) is 21.5. The fourth-order valence-corrected chi connectivity index (χ4v) is 4.36. The number of hydrogen-bond acceptors (Lipinski definition) is 5. The lowest BCUT2D eigenvalue weighted by atomic mass is 9.93. The van der Waals surface area contributed by atoms with Gasteiger partial charge in [-0.1, -0.05) is 18.2 Å². The van der Waals surface area contributed by atoms with E-state index in [-0.39, 0.29) is 35.2 Å². The van der Waals surface area contributed by atoms with Crippen LogP contribution in [0.25, 0.3) is 6.08 Å². The zero-order valence-corrected chi connectivity index (χ0v) is 19.3. The van der Waals surface area contributed by atoms with Gasteiger partial charge in [0.1, 0.15) is 12.4 Å². The Bertz CT molecular complexity index is 1030. The highest BCUT2D eigenvalue weighted by molar-refractivity contribution is 7.81. The number of nitrogens with zero attached hydrogens (tertiary/aromatic N) is 4.